The molecule has 2 heterocycles. The van der Waals surface area contributed by atoms with Gasteiger partial charge in [0.05, 0.1) is 12.1 Å². The van der Waals surface area contributed by atoms with E-state index in [1.807, 2.05) is 0 Å². The van der Waals surface area contributed by atoms with E-state index in [2.05, 4.69) is 29.0 Å². The van der Waals surface area contributed by atoms with Gasteiger partial charge in [0.2, 0.25) is 0 Å². The van der Waals surface area contributed by atoms with E-state index < -0.39 is 0 Å². The molecule has 0 spiro atoms. The maximum atomic E-state index is 9.69. The van der Waals surface area contributed by atoms with E-state index in [1.54, 1.807) is 0 Å². The van der Waals surface area contributed by atoms with Crippen molar-refractivity contribution < 1.29 is 5.11 Å². The van der Waals surface area contributed by atoms with Gasteiger partial charge in [-0.2, -0.15) is 0 Å². The molecule has 0 aliphatic carbocycles. The molecule has 4 heteroatoms. The predicted octanol–water partition coefficient (Wildman–Crippen LogP) is 1.54. The van der Waals surface area contributed by atoms with Crippen molar-refractivity contribution in [2.75, 3.05) is 52.4 Å². The van der Waals surface area contributed by atoms with Gasteiger partial charge in [-0.3, -0.25) is 0 Å². The summed E-state index contributed by atoms with van der Waals surface area (Å²) in [6.45, 7) is 12.9. The molecular weight excluding hydrogens is 262 g/mol. The molecule has 0 saturated carbocycles. The van der Waals surface area contributed by atoms with Crippen molar-refractivity contribution in [1.82, 2.24) is 15.1 Å². The smallest absolute Gasteiger partial charge is 0.0623 e. The quantitative estimate of drug-likeness (QED) is 0.713. The minimum absolute atomic E-state index is 0.141. The van der Waals surface area contributed by atoms with E-state index in [9.17, 15) is 5.11 Å². The SMILES string of the molecule is CCCNC(C)(CO)CN1CCC(CN2CCCC2)CC1. The molecule has 4 nitrogen and oxygen atoms in total. The zero-order chi connectivity index (χ0) is 15.1. The fourth-order valence-electron chi connectivity index (χ4n) is 3.74. The molecule has 2 fully saturated rings. The summed E-state index contributed by atoms with van der Waals surface area (Å²) >= 11 is 0. The highest BCUT2D eigenvalue weighted by atomic mass is 16.3. The van der Waals surface area contributed by atoms with Crippen LogP contribution in [0.4, 0.5) is 0 Å². The summed E-state index contributed by atoms with van der Waals surface area (Å²) in [5.41, 5.74) is -0.141. The van der Waals surface area contributed by atoms with E-state index in [0.29, 0.717) is 0 Å². The summed E-state index contributed by atoms with van der Waals surface area (Å²) in [5, 5.41) is 13.2. The summed E-state index contributed by atoms with van der Waals surface area (Å²) in [4.78, 5) is 5.19. The number of nitrogens with one attached hydrogen (secondary N) is 1. The highest BCUT2D eigenvalue weighted by Crippen LogP contribution is 2.21. The Kier molecular flexibility index (Phi) is 6.93. The summed E-state index contributed by atoms with van der Waals surface area (Å²) in [6, 6.07) is 0. The lowest BCUT2D eigenvalue weighted by Crippen LogP contribution is -2.55. The first-order valence-electron chi connectivity index (χ1n) is 8.96. The van der Waals surface area contributed by atoms with Gasteiger partial charge in [0, 0.05) is 13.1 Å². The molecule has 2 rings (SSSR count). The van der Waals surface area contributed by atoms with Crippen LogP contribution >= 0.6 is 0 Å². The van der Waals surface area contributed by atoms with Crippen LogP contribution in [0, 0.1) is 5.92 Å². The Bertz CT molecular complexity index is 286. The lowest BCUT2D eigenvalue weighted by Gasteiger charge is -2.39. The number of likely N-dealkylation sites (tertiary alicyclic amines) is 2. The highest BCUT2D eigenvalue weighted by molar-refractivity contribution is 4.88. The molecule has 0 aromatic heterocycles. The van der Waals surface area contributed by atoms with Gasteiger partial charge in [-0.1, -0.05) is 6.92 Å². The van der Waals surface area contributed by atoms with E-state index in [1.165, 1.54) is 58.4 Å². The molecule has 0 aromatic carbocycles. The van der Waals surface area contributed by atoms with Crippen LogP contribution in [0.3, 0.4) is 0 Å². The number of nitrogens with zero attached hydrogens (tertiary/aromatic N) is 2. The van der Waals surface area contributed by atoms with Crippen molar-refractivity contribution in [3.05, 3.63) is 0 Å². The predicted molar refractivity (Wildman–Crippen MR) is 88.6 cm³/mol. The third-order valence-electron chi connectivity index (χ3n) is 5.15. The summed E-state index contributed by atoms with van der Waals surface area (Å²) in [7, 11) is 0. The zero-order valence-corrected chi connectivity index (χ0v) is 14.1. The molecule has 21 heavy (non-hydrogen) atoms. The van der Waals surface area contributed by atoms with Gasteiger partial charge in [-0.25, -0.2) is 0 Å². The van der Waals surface area contributed by atoms with Crippen LogP contribution in [0.5, 0.6) is 0 Å². The summed E-state index contributed by atoms with van der Waals surface area (Å²) in [5.74, 6) is 0.892. The molecule has 0 bridgehead atoms. The lowest BCUT2D eigenvalue weighted by molar-refractivity contribution is 0.0895. The maximum Gasteiger partial charge on any atom is 0.0623 e. The fraction of sp³-hybridized carbons (Fsp3) is 1.00. The van der Waals surface area contributed by atoms with Crippen LogP contribution in [0.25, 0.3) is 0 Å². The topological polar surface area (TPSA) is 38.7 Å². The second-order valence-corrected chi connectivity index (χ2v) is 7.37. The second-order valence-electron chi connectivity index (χ2n) is 7.37. The molecule has 0 amide bonds. The van der Waals surface area contributed by atoms with Crippen molar-refractivity contribution >= 4 is 0 Å². The van der Waals surface area contributed by atoms with E-state index in [0.717, 1.165) is 25.4 Å². The van der Waals surface area contributed by atoms with Crippen LogP contribution in [0.2, 0.25) is 0 Å². The van der Waals surface area contributed by atoms with Crippen LogP contribution < -0.4 is 5.32 Å². The highest BCUT2D eigenvalue weighted by Gasteiger charge is 2.29. The Morgan fingerprint density at radius 2 is 1.76 bits per heavy atom. The molecule has 2 aliphatic heterocycles. The molecule has 0 aromatic rings. The minimum atomic E-state index is -0.141. The third-order valence-corrected chi connectivity index (χ3v) is 5.15. The standard InChI is InChI=1S/C17H35N3O/c1-3-8-18-17(2,15-21)14-20-11-6-16(7-12-20)13-19-9-4-5-10-19/h16,18,21H,3-15H2,1-2H3. The fourth-order valence-corrected chi connectivity index (χ4v) is 3.74. The van der Waals surface area contributed by atoms with E-state index in [-0.39, 0.29) is 12.1 Å². The monoisotopic (exact) mass is 297 g/mol. The average Bonchev–Trinajstić information content (AvgIpc) is 3.00. The Labute approximate surface area is 130 Å². The lowest BCUT2D eigenvalue weighted by atomic mass is 9.94. The molecule has 2 saturated heterocycles. The van der Waals surface area contributed by atoms with Gasteiger partial charge in [0.15, 0.2) is 0 Å². The van der Waals surface area contributed by atoms with Crippen molar-refractivity contribution in [1.29, 1.82) is 0 Å². The largest absolute Gasteiger partial charge is 0.394 e. The number of aliphatic hydroxyl groups is 1. The van der Waals surface area contributed by atoms with E-state index in [4.69, 9.17) is 0 Å². The van der Waals surface area contributed by atoms with Gasteiger partial charge in [-0.15, -0.1) is 0 Å². The Morgan fingerprint density at radius 1 is 1.10 bits per heavy atom. The van der Waals surface area contributed by atoms with Crippen LogP contribution in [0.1, 0.15) is 46.0 Å². The molecule has 2 aliphatic rings. The molecular formula is C17H35N3O. The van der Waals surface area contributed by atoms with Gasteiger partial charge in [0.1, 0.15) is 0 Å². The van der Waals surface area contributed by atoms with Crippen LogP contribution in [0.15, 0.2) is 0 Å². The van der Waals surface area contributed by atoms with E-state index >= 15 is 0 Å². The molecule has 1 atom stereocenters. The number of hydrogen-bond acceptors (Lipinski definition) is 4. The molecule has 0 radical (unpaired) electrons. The molecule has 1 unspecified atom stereocenters. The first kappa shape index (κ1) is 17.2. The van der Waals surface area contributed by atoms with Gasteiger partial charge >= 0.3 is 0 Å². The second kappa shape index (κ2) is 8.47. The van der Waals surface area contributed by atoms with Gasteiger partial charge in [0.25, 0.3) is 0 Å². The summed E-state index contributed by atoms with van der Waals surface area (Å²) < 4.78 is 0. The number of hydrogen-bond donors (Lipinski definition) is 2. The van der Waals surface area contributed by atoms with Crippen molar-refractivity contribution in [2.45, 2.75) is 51.5 Å². The van der Waals surface area contributed by atoms with Crippen molar-refractivity contribution in [2.24, 2.45) is 5.92 Å². The summed E-state index contributed by atoms with van der Waals surface area (Å²) in [6.07, 6.45) is 6.57. The Morgan fingerprint density at radius 3 is 2.33 bits per heavy atom. The van der Waals surface area contributed by atoms with Crippen LogP contribution in [-0.2, 0) is 0 Å². The minimum Gasteiger partial charge on any atom is -0.394 e. The normalized spacial score (nSPS) is 25.3. The van der Waals surface area contributed by atoms with Gasteiger partial charge < -0.3 is 20.2 Å². The molecule has 124 valence electrons. The Hall–Kier alpha value is -0.160. The Balaban J connectivity index is 1.69. The van der Waals surface area contributed by atoms with Crippen molar-refractivity contribution in [3.63, 3.8) is 0 Å². The first-order chi connectivity index (χ1) is 10.1. The van der Waals surface area contributed by atoms with Gasteiger partial charge in [-0.05, 0) is 77.7 Å². The first-order valence-corrected chi connectivity index (χ1v) is 8.96. The van der Waals surface area contributed by atoms with Crippen molar-refractivity contribution in [3.8, 4) is 0 Å². The third kappa shape index (κ3) is 5.51. The number of rotatable bonds is 8. The average molecular weight is 297 g/mol. The number of aliphatic hydroxyl groups excluding tert-OH is 1. The van der Waals surface area contributed by atoms with Crippen LogP contribution in [-0.4, -0.2) is 72.9 Å². The maximum absolute atomic E-state index is 9.69. The number of piperidine rings is 1. The molecule has 2 N–H and O–H groups in total. The zero-order valence-electron chi connectivity index (χ0n) is 14.1.